The van der Waals surface area contributed by atoms with Crippen molar-refractivity contribution in [2.75, 3.05) is 66.1 Å². The predicted molar refractivity (Wildman–Crippen MR) is 119 cm³/mol. The number of nitrogens with one attached hydrogen (secondary N) is 1. The van der Waals surface area contributed by atoms with Crippen molar-refractivity contribution in [3.8, 4) is 5.75 Å². The Labute approximate surface area is 183 Å². The highest BCUT2D eigenvalue weighted by atomic mass is 19.1. The molecule has 0 aliphatic carbocycles. The van der Waals surface area contributed by atoms with Crippen LogP contribution in [0.5, 0.6) is 5.75 Å². The summed E-state index contributed by atoms with van der Waals surface area (Å²) in [4.78, 5) is 9.21. The molecule has 0 saturated carbocycles. The van der Waals surface area contributed by atoms with Crippen LogP contribution in [0.1, 0.15) is 12.2 Å². The molecule has 31 heavy (non-hydrogen) atoms. The van der Waals surface area contributed by atoms with E-state index >= 15 is 0 Å². The molecule has 0 radical (unpaired) electrons. The molecule has 0 atom stereocenters. The number of hydrogen-bond donors (Lipinski definition) is 1. The van der Waals surface area contributed by atoms with Crippen LogP contribution in [0.15, 0.2) is 52.1 Å². The third-order valence-electron chi connectivity index (χ3n) is 5.11. The van der Waals surface area contributed by atoms with Crippen molar-refractivity contribution < 1.29 is 18.3 Å². The maximum atomic E-state index is 13.7. The molecule has 1 saturated heterocycles. The minimum absolute atomic E-state index is 0.269. The van der Waals surface area contributed by atoms with E-state index in [-0.39, 0.29) is 11.6 Å². The van der Waals surface area contributed by atoms with Gasteiger partial charge in [-0.25, -0.2) is 4.39 Å². The molecule has 1 fully saturated rings. The van der Waals surface area contributed by atoms with Crippen molar-refractivity contribution in [2.45, 2.75) is 12.8 Å². The second-order valence-electron chi connectivity index (χ2n) is 7.47. The van der Waals surface area contributed by atoms with Gasteiger partial charge >= 0.3 is 0 Å². The summed E-state index contributed by atoms with van der Waals surface area (Å²) in [7, 11) is 1.96. The molecule has 8 heteroatoms. The summed E-state index contributed by atoms with van der Waals surface area (Å²) in [6.07, 6.45) is 3.45. The smallest absolute Gasteiger partial charge is 0.193 e. The van der Waals surface area contributed by atoms with Crippen LogP contribution in [-0.4, -0.2) is 81.9 Å². The molecule has 1 aromatic heterocycles. The van der Waals surface area contributed by atoms with Crippen molar-refractivity contribution in [3.05, 3.63) is 54.2 Å². The first-order valence-electron chi connectivity index (χ1n) is 10.9. The van der Waals surface area contributed by atoms with E-state index in [1.807, 2.05) is 24.1 Å². The van der Waals surface area contributed by atoms with Crippen LogP contribution in [0, 0.1) is 5.82 Å². The molecule has 1 N–H and O–H groups in total. The lowest BCUT2D eigenvalue weighted by Crippen LogP contribution is -2.42. The number of guanidine groups is 1. The number of furan rings is 1. The van der Waals surface area contributed by atoms with Gasteiger partial charge in [0.15, 0.2) is 17.5 Å². The van der Waals surface area contributed by atoms with Crippen molar-refractivity contribution >= 4 is 5.96 Å². The largest absolute Gasteiger partial charge is 0.489 e. The summed E-state index contributed by atoms with van der Waals surface area (Å²) in [5, 5.41) is 3.41. The van der Waals surface area contributed by atoms with Gasteiger partial charge in [0, 0.05) is 46.2 Å². The quantitative estimate of drug-likeness (QED) is 0.335. The second-order valence-corrected chi connectivity index (χ2v) is 7.47. The third kappa shape index (κ3) is 8.22. The van der Waals surface area contributed by atoms with E-state index < -0.39 is 0 Å². The van der Waals surface area contributed by atoms with Gasteiger partial charge in [-0.3, -0.25) is 9.89 Å². The molecule has 2 heterocycles. The van der Waals surface area contributed by atoms with Gasteiger partial charge in [-0.2, -0.15) is 0 Å². The highest BCUT2D eigenvalue weighted by Gasteiger charge is 2.11. The van der Waals surface area contributed by atoms with Crippen LogP contribution >= 0.6 is 0 Å². The Morgan fingerprint density at radius 2 is 2.06 bits per heavy atom. The average molecular weight is 433 g/mol. The molecular formula is C23H33FN4O3. The fourth-order valence-electron chi connectivity index (χ4n) is 3.33. The second kappa shape index (κ2) is 13.0. The van der Waals surface area contributed by atoms with Gasteiger partial charge in [-0.05, 0) is 30.7 Å². The zero-order chi connectivity index (χ0) is 21.7. The number of benzene rings is 1. The number of likely N-dealkylation sites (N-methyl/N-ethyl adjacent to an activating group) is 1. The van der Waals surface area contributed by atoms with Crippen LogP contribution in [0.4, 0.5) is 4.39 Å². The molecule has 0 amide bonds. The molecule has 3 rings (SSSR count). The van der Waals surface area contributed by atoms with Crippen LogP contribution in [-0.2, 0) is 11.2 Å². The maximum absolute atomic E-state index is 13.7. The molecule has 2 aromatic rings. The molecule has 1 aliphatic heterocycles. The Hall–Kier alpha value is -2.58. The van der Waals surface area contributed by atoms with Crippen molar-refractivity contribution in [2.24, 2.45) is 4.99 Å². The highest BCUT2D eigenvalue weighted by molar-refractivity contribution is 5.79. The summed E-state index contributed by atoms with van der Waals surface area (Å²) in [6.45, 7) is 7.03. The molecule has 0 spiro atoms. The average Bonchev–Trinajstić information content (AvgIpc) is 3.31. The van der Waals surface area contributed by atoms with Gasteiger partial charge in [-0.1, -0.05) is 12.1 Å². The SMILES string of the molecule is CN(CCOc1ccccc1F)C(=NCCCN1CCOCC1)NCCc1ccco1. The van der Waals surface area contributed by atoms with E-state index in [0.717, 1.165) is 64.0 Å². The monoisotopic (exact) mass is 432 g/mol. The Bertz CT molecular complexity index is 779. The lowest BCUT2D eigenvalue weighted by Gasteiger charge is -2.26. The number of para-hydroxylation sites is 1. The van der Waals surface area contributed by atoms with Gasteiger partial charge < -0.3 is 24.1 Å². The van der Waals surface area contributed by atoms with Gasteiger partial charge in [0.25, 0.3) is 0 Å². The Morgan fingerprint density at radius 1 is 1.23 bits per heavy atom. The van der Waals surface area contributed by atoms with Gasteiger partial charge in [-0.15, -0.1) is 0 Å². The number of nitrogens with zero attached hydrogens (tertiary/aromatic N) is 3. The number of hydrogen-bond acceptors (Lipinski definition) is 5. The van der Waals surface area contributed by atoms with E-state index in [2.05, 4.69) is 10.2 Å². The predicted octanol–water partition coefficient (Wildman–Crippen LogP) is 2.64. The lowest BCUT2D eigenvalue weighted by atomic mass is 10.3. The van der Waals surface area contributed by atoms with Crippen LogP contribution in [0.25, 0.3) is 0 Å². The van der Waals surface area contributed by atoms with Crippen LogP contribution in [0.2, 0.25) is 0 Å². The van der Waals surface area contributed by atoms with E-state index in [1.54, 1.807) is 24.5 Å². The summed E-state index contributed by atoms with van der Waals surface area (Å²) in [6, 6.07) is 10.3. The van der Waals surface area contributed by atoms with E-state index in [4.69, 9.17) is 18.9 Å². The third-order valence-corrected chi connectivity index (χ3v) is 5.11. The van der Waals surface area contributed by atoms with Gasteiger partial charge in [0.05, 0.1) is 26.0 Å². The molecule has 0 unspecified atom stereocenters. The summed E-state index contributed by atoms with van der Waals surface area (Å²) < 4.78 is 30.1. The van der Waals surface area contributed by atoms with Crippen LogP contribution in [0.3, 0.4) is 0 Å². The molecule has 1 aliphatic rings. The van der Waals surface area contributed by atoms with Gasteiger partial charge in [0.1, 0.15) is 12.4 Å². The Kier molecular flexibility index (Phi) is 9.66. The summed E-state index contributed by atoms with van der Waals surface area (Å²) in [5.41, 5.74) is 0. The Balaban J connectivity index is 1.46. The van der Waals surface area contributed by atoms with Gasteiger partial charge in [0.2, 0.25) is 0 Å². The zero-order valence-corrected chi connectivity index (χ0v) is 18.3. The number of morpholine rings is 1. The molecule has 170 valence electrons. The first-order valence-corrected chi connectivity index (χ1v) is 10.9. The van der Waals surface area contributed by atoms with Crippen molar-refractivity contribution in [3.63, 3.8) is 0 Å². The molecule has 0 bridgehead atoms. The summed E-state index contributed by atoms with van der Waals surface area (Å²) in [5.74, 6) is 1.67. The number of aliphatic imine (C=N–C) groups is 1. The summed E-state index contributed by atoms with van der Waals surface area (Å²) >= 11 is 0. The normalized spacial score (nSPS) is 15.1. The Morgan fingerprint density at radius 3 is 2.84 bits per heavy atom. The lowest BCUT2D eigenvalue weighted by molar-refractivity contribution is 0.0377. The van der Waals surface area contributed by atoms with Crippen molar-refractivity contribution in [1.29, 1.82) is 0 Å². The first kappa shape index (κ1) is 23.1. The fourth-order valence-corrected chi connectivity index (χ4v) is 3.33. The van der Waals surface area contributed by atoms with Crippen molar-refractivity contribution in [1.82, 2.24) is 15.1 Å². The topological polar surface area (TPSA) is 62.5 Å². The molecule has 7 nitrogen and oxygen atoms in total. The maximum Gasteiger partial charge on any atom is 0.193 e. The number of rotatable bonds is 11. The zero-order valence-electron chi connectivity index (χ0n) is 18.3. The van der Waals surface area contributed by atoms with Crippen LogP contribution < -0.4 is 10.1 Å². The van der Waals surface area contributed by atoms with E-state index in [1.165, 1.54) is 6.07 Å². The minimum Gasteiger partial charge on any atom is -0.489 e. The van der Waals surface area contributed by atoms with E-state index in [0.29, 0.717) is 19.7 Å². The number of ether oxygens (including phenoxy) is 2. The minimum atomic E-state index is -0.348. The fraction of sp³-hybridized carbons (Fsp3) is 0.522. The first-order chi connectivity index (χ1) is 15.2. The standard InChI is InChI=1S/C23H33FN4O3/c1-27(13-19-31-22-8-3-2-7-21(22)24)23(26-11-9-20-6-4-16-30-20)25-10-5-12-28-14-17-29-18-15-28/h2-4,6-8,16H,5,9-15,17-19H2,1H3,(H,25,26). The number of halogens is 1. The van der Waals surface area contributed by atoms with E-state index in [9.17, 15) is 4.39 Å². The molecular weight excluding hydrogens is 399 g/mol. The molecule has 1 aromatic carbocycles. The highest BCUT2D eigenvalue weighted by Crippen LogP contribution is 2.15.